The molecule has 1 aliphatic heterocycles. The summed E-state index contributed by atoms with van der Waals surface area (Å²) < 4.78 is 73.7. The fourth-order valence-electron chi connectivity index (χ4n) is 4.99. The van der Waals surface area contributed by atoms with E-state index >= 15 is 0 Å². The van der Waals surface area contributed by atoms with Crippen LogP contribution in [0.4, 0.5) is 20.3 Å². The third-order valence-corrected chi connectivity index (χ3v) is 8.08. The van der Waals surface area contributed by atoms with Crippen LogP contribution >= 0.6 is 0 Å². The Labute approximate surface area is 247 Å². The van der Waals surface area contributed by atoms with Crippen molar-refractivity contribution < 1.29 is 36.0 Å². The molecule has 1 unspecified atom stereocenters. The summed E-state index contributed by atoms with van der Waals surface area (Å²) in [6.07, 6.45) is -0.235. The maximum absolute atomic E-state index is 14.9. The molecule has 11 nitrogen and oxygen atoms in total. The number of hydrogen-bond acceptors (Lipinski definition) is 8. The number of alkyl halides is 2. The van der Waals surface area contributed by atoms with Crippen molar-refractivity contribution in [3.63, 3.8) is 0 Å². The molecule has 1 saturated heterocycles. The molecule has 4 aromatic rings. The van der Waals surface area contributed by atoms with Gasteiger partial charge in [0.1, 0.15) is 23.7 Å². The molecule has 0 radical (unpaired) electrons. The Bertz CT molecular complexity index is 1770. The lowest BCUT2D eigenvalue weighted by Crippen LogP contribution is -2.46. The average Bonchev–Trinajstić information content (AvgIpc) is 3.31. The Morgan fingerprint density at radius 1 is 1.14 bits per heavy atom. The number of ether oxygens (including phenoxy) is 3. The highest BCUT2D eigenvalue weighted by atomic mass is 32.2. The summed E-state index contributed by atoms with van der Waals surface area (Å²) in [5, 5.41) is 0. The molecule has 0 aliphatic carbocycles. The number of para-hydroxylation sites is 1. The Hall–Kier alpha value is -4.19. The number of pyridine rings is 2. The van der Waals surface area contributed by atoms with E-state index in [1.807, 2.05) is 0 Å². The zero-order valence-electron chi connectivity index (χ0n) is 23.7. The molecule has 4 heterocycles. The Kier molecular flexibility index (Phi) is 9.14. The number of anilines is 1. The maximum atomic E-state index is 14.9. The molecule has 1 N–H and O–H groups in total. The number of nitrogens with one attached hydrogen (secondary N) is 1. The summed E-state index contributed by atoms with van der Waals surface area (Å²) >= 11 is 0. The molecule has 1 aromatic carbocycles. The predicted molar refractivity (Wildman–Crippen MR) is 153 cm³/mol. The lowest BCUT2D eigenvalue weighted by atomic mass is 10.2. The van der Waals surface area contributed by atoms with E-state index in [1.165, 1.54) is 21.4 Å². The van der Waals surface area contributed by atoms with Crippen molar-refractivity contribution in [1.82, 2.24) is 14.6 Å². The van der Waals surface area contributed by atoms with E-state index in [2.05, 4.69) is 15.3 Å². The number of hydrogen-bond donors (Lipinski definition) is 1. The smallest absolute Gasteiger partial charge is 0.324 e. The second-order valence-electron chi connectivity index (χ2n) is 9.97. The minimum atomic E-state index is -3.66. The van der Waals surface area contributed by atoms with Crippen molar-refractivity contribution >= 4 is 32.5 Å². The quantitative estimate of drug-likeness (QED) is 0.146. The second kappa shape index (κ2) is 13.0. The van der Waals surface area contributed by atoms with Crippen LogP contribution in [0.2, 0.25) is 0 Å². The van der Waals surface area contributed by atoms with Crippen LogP contribution in [0.15, 0.2) is 53.4 Å². The standard InChI is InChI=1S/C29H31F2N6O5S/c1-32-27-23(41-17-16-40-2)14-12-19(33-27)18-20-11-13-22-28(34-20)36(25-10-6-7-15-42-25)29(26(30)31)37(22)35-21-8-4-5-9-24(21)43(3,38)39/h4-5,8-9,11-14,25-26,35H,6-7,10,15-18H2,2-3H3/q+1. The first kappa shape index (κ1) is 30.3. The number of imidazole rings is 1. The van der Waals surface area contributed by atoms with Gasteiger partial charge in [0.05, 0.1) is 30.2 Å². The highest BCUT2D eigenvalue weighted by Gasteiger charge is 2.37. The third-order valence-electron chi connectivity index (χ3n) is 6.92. The third kappa shape index (κ3) is 6.58. The number of sulfone groups is 1. The van der Waals surface area contributed by atoms with Gasteiger partial charge in [0, 0.05) is 19.8 Å². The average molecular weight is 614 g/mol. The Morgan fingerprint density at radius 3 is 2.60 bits per heavy atom. The van der Waals surface area contributed by atoms with Crippen LogP contribution < -0.4 is 14.7 Å². The summed E-state index contributed by atoms with van der Waals surface area (Å²) in [6.45, 7) is 8.55. The van der Waals surface area contributed by atoms with Crippen molar-refractivity contribution in [2.75, 3.05) is 38.6 Å². The van der Waals surface area contributed by atoms with Crippen molar-refractivity contribution in [2.24, 2.45) is 0 Å². The van der Waals surface area contributed by atoms with Crippen molar-refractivity contribution in [2.45, 2.75) is 43.2 Å². The topological polar surface area (TPSA) is 113 Å². The van der Waals surface area contributed by atoms with Gasteiger partial charge < -0.3 is 19.1 Å². The molecule has 226 valence electrons. The molecule has 0 bridgehead atoms. The second-order valence-corrected chi connectivity index (χ2v) is 11.9. The molecule has 3 aromatic heterocycles. The summed E-state index contributed by atoms with van der Waals surface area (Å²) in [5.41, 5.74) is 4.70. The van der Waals surface area contributed by atoms with Gasteiger partial charge in [-0.05, 0) is 49.2 Å². The number of aromatic nitrogens is 4. The van der Waals surface area contributed by atoms with E-state index in [4.69, 9.17) is 25.8 Å². The van der Waals surface area contributed by atoms with E-state index in [-0.39, 0.29) is 35.1 Å². The number of methoxy groups -OCH3 is 1. The van der Waals surface area contributed by atoms with Crippen LogP contribution in [-0.4, -0.2) is 56.2 Å². The van der Waals surface area contributed by atoms with E-state index in [0.717, 1.165) is 19.1 Å². The first-order chi connectivity index (χ1) is 20.7. The highest BCUT2D eigenvalue weighted by molar-refractivity contribution is 7.90. The summed E-state index contributed by atoms with van der Waals surface area (Å²) in [4.78, 5) is 12.6. The van der Waals surface area contributed by atoms with Crippen LogP contribution in [0.1, 0.15) is 49.1 Å². The molecular formula is C29H31F2N6O5S+. The van der Waals surface area contributed by atoms with E-state index in [9.17, 15) is 17.2 Å². The first-order valence-electron chi connectivity index (χ1n) is 13.6. The molecule has 1 aliphatic rings. The number of benzene rings is 1. The van der Waals surface area contributed by atoms with Gasteiger partial charge in [-0.2, -0.15) is 18.0 Å². The lowest BCUT2D eigenvalue weighted by Gasteiger charge is -2.22. The van der Waals surface area contributed by atoms with Gasteiger partial charge in [-0.3, -0.25) is 0 Å². The van der Waals surface area contributed by atoms with Crippen molar-refractivity contribution in [3.8, 4) is 5.75 Å². The summed E-state index contributed by atoms with van der Waals surface area (Å²) in [5.74, 6) is 0.0201. The summed E-state index contributed by atoms with van der Waals surface area (Å²) in [7, 11) is -2.11. The van der Waals surface area contributed by atoms with Gasteiger partial charge in [-0.25, -0.2) is 13.8 Å². The number of rotatable bonds is 11. The molecule has 14 heteroatoms. The van der Waals surface area contributed by atoms with Gasteiger partial charge in [0.2, 0.25) is 5.52 Å². The number of fused-ring (bicyclic) bond motifs is 1. The Morgan fingerprint density at radius 2 is 1.91 bits per heavy atom. The van der Waals surface area contributed by atoms with Crippen LogP contribution in [0.25, 0.3) is 16.0 Å². The van der Waals surface area contributed by atoms with Crippen molar-refractivity contribution in [1.29, 1.82) is 0 Å². The van der Waals surface area contributed by atoms with Gasteiger partial charge in [0.15, 0.2) is 16.1 Å². The van der Waals surface area contributed by atoms with Gasteiger partial charge in [0.25, 0.3) is 5.82 Å². The van der Waals surface area contributed by atoms with Crippen LogP contribution in [0.3, 0.4) is 0 Å². The van der Waals surface area contributed by atoms with Gasteiger partial charge >= 0.3 is 17.9 Å². The van der Waals surface area contributed by atoms with E-state index < -0.39 is 28.3 Å². The molecule has 0 saturated carbocycles. The normalized spacial score (nSPS) is 15.5. The van der Waals surface area contributed by atoms with Gasteiger partial charge in [-0.1, -0.05) is 18.7 Å². The minimum Gasteiger partial charge on any atom is -0.500 e. The zero-order valence-corrected chi connectivity index (χ0v) is 24.5. The monoisotopic (exact) mass is 613 g/mol. The van der Waals surface area contributed by atoms with E-state index in [0.29, 0.717) is 42.3 Å². The SMILES string of the molecule is [C-]#[N+]c1nc(Cc2ccc3c(n2)[n+](C2CCCCO2)c(C(F)F)n3Nc2ccccc2S(C)(=O)=O)ccc1OCCOC. The number of nitrogens with zero attached hydrogens (tertiary/aromatic N) is 5. The molecule has 5 rings (SSSR count). The van der Waals surface area contributed by atoms with Crippen LogP contribution in [0, 0.1) is 6.57 Å². The molecule has 43 heavy (non-hydrogen) atoms. The molecule has 0 spiro atoms. The molecule has 1 fully saturated rings. The van der Waals surface area contributed by atoms with Gasteiger partial charge in [-0.15, -0.1) is 9.97 Å². The largest absolute Gasteiger partial charge is 0.500 e. The number of halogens is 2. The molecule has 0 amide bonds. The predicted octanol–water partition coefficient (Wildman–Crippen LogP) is 4.80. The zero-order chi connectivity index (χ0) is 30.6. The highest BCUT2D eigenvalue weighted by Crippen LogP contribution is 2.30. The fourth-order valence-corrected chi connectivity index (χ4v) is 5.83. The Balaban J connectivity index is 1.59. The molecular weight excluding hydrogens is 582 g/mol. The summed E-state index contributed by atoms with van der Waals surface area (Å²) in [6, 6.07) is 12.8. The maximum Gasteiger partial charge on any atom is 0.324 e. The fraction of sp³-hybridized carbons (Fsp3) is 0.379. The van der Waals surface area contributed by atoms with Crippen molar-refractivity contribution in [3.05, 3.63) is 77.2 Å². The first-order valence-corrected chi connectivity index (χ1v) is 15.5. The van der Waals surface area contributed by atoms with E-state index in [1.54, 1.807) is 43.5 Å². The van der Waals surface area contributed by atoms with Crippen LogP contribution in [0.5, 0.6) is 5.75 Å². The molecule has 1 atom stereocenters. The van der Waals surface area contributed by atoms with Crippen LogP contribution in [-0.2, 0) is 25.7 Å². The minimum absolute atomic E-state index is 0.0292. The lowest BCUT2D eigenvalue weighted by molar-refractivity contribution is -0.755.